The molecule has 7 aromatic carbocycles. The van der Waals surface area contributed by atoms with E-state index in [1.807, 2.05) is 48.3 Å². The topological polar surface area (TPSA) is 48.8 Å². The van der Waals surface area contributed by atoms with E-state index in [1.54, 1.807) is 0 Å². The Morgan fingerprint density at radius 1 is 0.464 bits per heavy atom. The van der Waals surface area contributed by atoms with Crippen LogP contribution >= 0.6 is 11.3 Å². The Hall–Kier alpha value is -6.56. The molecule has 0 N–H and O–H groups in total. The summed E-state index contributed by atoms with van der Waals surface area (Å²) in [7, 11) is 0. The molecule has 13 aromatic rings. The average Bonchev–Trinajstić information content (AvgIpc) is 4.04. The van der Waals surface area contributed by atoms with Crippen molar-refractivity contribution >= 4 is 108 Å². The number of thiophene rings is 1. The first-order valence-electron chi connectivity index (χ1n) is 18.2. The van der Waals surface area contributed by atoms with Crippen LogP contribution in [0.5, 0.6) is 11.5 Å². The fourth-order valence-corrected chi connectivity index (χ4v) is 9.93. The second-order valence-corrected chi connectivity index (χ2v) is 15.2. The molecule has 264 valence electrons. The number of benzene rings is 7. The predicted octanol–water partition coefficient (Wildman–Crippen LogP) is 12.4. The molecule has 0 aliphatic carbocycles. The SMILES string of the molecule is [Pd+2].[c-]1c(Oc2[c-]c3c(cc2)c2cc4c(cc2n2ccnc32)c2ccccc2n4-c2ccccc2)ccc2c1c1nccn1c1cc3c(cc21)sc1ccccc13. The van der Waals surface area contributed by atoms with Gasteiger partial charge in [-0.15, -0.1) is 23.5 Å². The third-order valence-corrected chi connectivity index (χ3v) is 12.3. The molecule has 0 aliphatic heterocycles. The van der Waals surface area contributed by atoms with Crippen molar-refractivity contribution in [1.29, 1.82) is 0 Å². The summed E-state index contributed by atoms with van der Waals surface area (Å²) in [5, 5.41) is 11.2. The van der Waals surface area contributed by atoms with Gasteiger partial charge in [-0.2, -0.15) is 0 Å². The molecule has 0 atom stereocenters. The Balaban J connectivity index is 0.00000345. The Morgan fingerprint density at radius 3 is 1.75 bits per heavy atom. The van der Waals surface area contributed by atoms with Crippen LogP contribution in [0.2, 0.25) is 0 Å². The minimum Gasteiger partial charge on any atom is -0.497 e. The molecule has 56 heavy (non-hydrogen) atoms. The van der Waals surface area contributed by atoms with Gasteiger partial charge in [0.2, 0.25) is 0 Å². The Kier molecular flexibility index (Phi) is 6.65. The van der Waals surface area contributed by atoms with Crippen molar-refractivity contribution < 1.29 is 25.2 Å². The van der Waals surface area contributed by atoms with Gasteiger partial charge >= 0.3 is 20.4 Å². The summed E-state index contributed by atoms with van der Waals surface area (Å²) in [6, 6.07) is 52.5. The van der Waals surface area contributed by atoms with Crippen LogP contribution in [0.3, 0.4) is 0 Å². The van der Waals surface area contributed by atoms with Gasteiger partial charge in [0.25, 0.3) is 0 Å². The van der Waals surface area contributed by atoms with Gasteiger partial charge in [-0.25, -0.2) is 0 Å². The number of aromatic nitrogens is 5. The van der Waals surface area contributed by atoms with Crippen LogP contribution in [0.4, 0.5) is 0 Å². The average molecular weight is 826 g/mol. The number of para-hydroxylation sites is 2. The molecule has 0 saturated heterocycles. The van der Waals surface area contributed by atoms with Gasteiger partial charge in [0.15, 0.2) is 0 Å². The van der Waals surface area contributed by atoms with Gasteiger partial charge in [0, 0.05) is 84.0 Å². The molecular weight excluding hydrogens is 801 g/mol. The van der Waals surface area contributed by atoms with Gasteiger partial charge in [-0.3, -0.25) is 9.97 Å². The van der Waals surface area contributed by atoms with E-state index in [0.717, 1.165) is 65.8 Å². The Labute approximate surface area is 336 Å². The standard InChI is InChI=1S/C48H25N5OS.Pd/c1-2-8-28(9-3-1)53-41-12-6-4-10-33(41)36-24-42-35(25-44(36)53)31-16-14-29(22-39(31)47-49-18-20-51(42)47)54-30-15-17-32-37-27-46-38(34-11-5-7-13-45(34)55-46)26-43(37)52-21-19-50-48(52)40(32)23-30;/h1-21,24-27H;/q-2;+2. The Morgan fingerprint density at radius 2 is 1.04 bits per heavy atom. The molecule has 6 heterocycles. The molecule has 8 heteroatoms. The third kappa shape index (κ3) is 4.35. The summed E-state index contributed by atoms with van der Waals surface area (Å²) in [6.07, 6.45) is 7.78. The molecule has 0 unspecified atom stereocenters. The second-order valence-electron chi connectivity index (χ2n) is 14.1. The molecule has 0 radical (unpaired) electrons. The quantitative estimate of drug-likeness (QED) is 0.101. The number of fused-ring (bicyclic) bond motifs is 18. The zero-order valence-corrected chi connectivity index (χ0v) is 31.7. The zero-order chi connectivity index (χ0) is 35.8. The molecule has 0 amide bonds. The molecule has 0 fully saturated rings. The normalized spacial score (nSPS) is 12.1. The summed E-state index contributed by atoms with van der Waals surface area (Å²) in [6.45, 7) is 0. The van der Waals surface area contributed by atoms with Crippen molar-refractivity contribution in [1.82, 2.24) is 23.3 Å². The van der Waals surface area contributed by atoms with Gasteiger partial charge in [-0.05, 0) is 59.3 Å². The van der Waals surface area contributed by atoms with E-state index in [4.69, 9.17) is 14.7 Å². The number of hydrogen-bond donors (Lipinski definition) is 0. The van der Waals surface area contributed by atoms with E-state index in [0.29, 0.717) is 11.5 Å². The van der Waals surface area contributed by atoms with Crippen LogP contribution in [0, 0.1) is 12.1 Å². The van der Waals surface area contributed by atoms with Crippen molar-refractivity contribution in [3.63, 3.8) is 0 Å². The minimum absolute atomic E-state index is 0. The fraction of sp³-hybridized carbons (Fsp3) is 0. The number of hydrogen-bond acceptors (Lipinski definition) is 4. The minimum atomic E-state index is 0. The zero-order valence-electron chi connectivity index (χ0n) is 29.3. The number of nitrogens with zero attached hydrogens (tertiary/aromatic N) is 5. The van der Waals surface area contributed by atoms with E-state index in [9.17, 15) is 0 Å². The van der Waals surface area contributed by atoms with Crippen LogP contribution in [0.1, 0.15) is 0 Å². The van der Waals surface area contributed by atoms with Crippen LogP contribution < -0.4 is 4.74 Å². The fourth-order valence-electron chi connectivity index (χ4n) is 8.80. The number of pyridine rings is 2. The smallest absolute Gasteiger partial charge is 0.497 e. The predicted molar refractivity (Wildman–Crippen MR) is 225 cm³/mol. The molecule has 0 spiro atoms. The van der Waals surface area contributed by atoms with E-state index in [2.05, 4.69) is 141 Å². The molecule has 0 saturated carbocycles. The van der Waals surface area contributed by atoms with Crippen molar-refractivity contribution in [2.24, 2.45) is 0 Å². The summed E-state index contributed by atoms with van der Waals surface area (Å²) in [5.74, 6) is 1.20. The van der Waals surface area contributed by atoms with E-state index in [-0.39, 0.29) is 20.4 Å². The van der Waals surface area contributed by atoms with Gasteiger partial charge in [0.1, 0.15) is 0 Å². The maximum atomic E-state index is 6.58. The maximum absolute atomic E-state index is 6.58. The monoisotopic (exact) mass is 825 g/mol. The Bertz CT molecular complexity index is 3770. The summed E-state index contributed by atoms with van der Waals surface area (Å²) in [5.41, 5.74) is 7.35. The summed E-state index contributed by atoms with van der Waals surface area (Å²) < 4.78 is 15.8. The van der Waals surface area contributed by atoms with Crippen molar-refractivity contribution in [2.45, 2.75) is 0 Å². The third-order valence-electron chi connectivity index (χ3n) is 11.2. The van der Waals surface area contributed by atoms with Gasteiger partial charge in [0.05, 0.1) is 22.3 Å². The largest absolute Gasteiger partial charge is 2.00 e. The molecule has 0 aliphatic rings. The van der Waals surface area contributed by atoms with Crippen LogP contribution in [-0.2, 0) is 20.4 Å². The van der Waals surface area contributed by atoms with Crippen molar-refractivity contribution in [3.8, 4) is 17.2 Å². The second kappa shape index (κ2) is 11.7. The summed E-state index contributed by atoms with van der Waals surface area (Å²) in [4.78, 5) is 9.62. The molecular formula is C48H25N5OPdS. The van der Waals surface area contributed by atoms with Gasteiger partial charge in [-0.1, -0.05) is 100 Å². The number of ether oxygens (including phenoxy) is 1. The number of rotatable bonds is 3. The van der Waals surface area contributed by atoms with Crippen LogP contribution in [0.25, 0.3) is 102 Å². The van der Waals surface area contributed by atoms with Crippen LogP contribution in [0.15, 0.2) is 152 Å². The first-order valence-corrected chi connectivity index (χ1v) is 19.0. The van der Waals surface area contributed by atoms with E-state index < -0.39 is 0 Å². The number of imidazole rings is 2. The van der Waals surface area contributed by atoms with Crippen molar-refractivity contribution in [2.75, 3.05) is 0 Å². The van der Waals surface area contributed by atoms with E-state index >= 15 is 0 Å². The van der Waals surface area contributed by atoms with E-state index in [1.165, 1.54) is 36.5 Å². The first-order chi connectivity index (χ1) is 27.2. The molecule has 13 rings (SSSR count). The van der Waals surface area contributed by atoms with Crippen molar-refractivity contribution in [3.05, 3.63) is 164 Å². The molecule has 6 aromatic heterocycles. The first kappa shape index (κ1) is 31.8. The summed E-state index contributed by atoms with van der Waals surface area (Å²) >= 11 is 1.83. The molecule has 0 bridgehead atoms. The van der Waals surface area contributed by atoms with Gasteiger partial charge < -0.3 is 18.1 Å². The maximum Gasteiger partial charge on any atom is 2.00 e. The van der Waals surface area contributed by atoms with Crippen LogP contribution in [-0.4, -0.2) is 23.3 Å². The molecule has 6 nitrogen and oxygen atoms in total.